The number of nitrogens with one attached hydrogen (secondary N) is 1. The summed E-state index contributed by atoms with van der Waals surface area (Å²) in [5, 5.41) is 14.1. The van der Waals surface area contributed by atoms with Crippen LogP contribution in [0.15, 0.2) is 34.8 Å². The van der Waals surface area contributed by atoms with Crippen LogP contribution in [-0.4, -0.2) is 40.6 Å². The third-order valence-corrected chi connectivity index (χ3v) is 6.21. The van der Waals surface area contributed by atoms with Crippen LogP contribution < -0.4 is 14.8 Å². The van der Waals surface area contributed by atoms with E-state index in [0.717, 1.165) is 17.8 Å². The van der Waals surface area contributed by atoms with Crippen LogP contribution in [-0.2, 0) is 18.3 Å². The van der Waals surface area contributed by atoms with Crippen molar-refractivity contribution in [2.45, 2.75) is 18.5 Å². The lowest BCUT2D eigenvalue weighted by atomic mass is 10.2. The third-order valence-electron chi connectivity index (χ3n) is 4.11. The Labute approximate surface area is 172 Å². The Morgan fingerprint density at radius 2 is 2.07 bits per heavy atom. The molecule has 1 N–H and O–H groups in total. The minimum absolute atomic E-state index is 0.162. The molecule has 0 unspecified atom stereocenters. The number of nitrogens with zero attached hydrogens (tertiary/aromatic N) is 3. The van der Waals surface area contributed by atoms with Crippen LogP contribution in [0.1, 0.15) is 11.8 Å². The number of rotatable bonds is 8. The second-order valence-electron chi connectivity index (χ2n) is 5.92. The topological polar surface area (TPSA) is 78.3 Å². The molecule has 0 fully saturated rings. The van der Waals surface area contributed by atoms with Gasteiger partial charge in [0.1, 0.15) is 11.5 Å². The number of carbonyl (C=O) groups is 1. The van der Waals surface area contributed by atoms with Gasteiger partial charge in [-0.3, -0.25) is 4.79 Å². The molecule has 2 aromatic heterocycles. The summed E-state index contributed by atoms with van der Waals surface area (Å²) in [6.07, 6.45) is 0.998. The average molecular weight is 419 g/mol. The highest BCUT2D eigenvalue weighted by Gasteiger charge is 2.15. The van der Waals surface area contributed by atoms with E-state index in [-0.39, 0.29) is 11.7 Å². The van der Waals surface area contributed by atoms with Gasteiger partial charge in [0.25, 0.3) is 0 Å². The van der Waals surface area contributed by atoms with E-state index >= 15 is 0 Å². The van der Waals surface area contributed by atoms with E-state index in [9.17, 15) is 4.79 Å². The normalized spacial score (nSPS) is 10.7. The minimum atomic E-state index is -0.162. The summed E-state index contributed by atoms with van der Waals surface area (Å²) in [4.78, 5) is 13.7. The molecule has 148 valence electrons. The van der Waals surface area contributed by atoms with Crippen LogP contribution in [0.3, 0.4) is 0 Å². The van der Waals surface area contributed by atoms with Gasteiger partial charge in [-0.1, -0.05) is 18.7 Å². The van der Waals surface area contributed by atoms with Crippen LogP contribution in [0.5, 0.6) is 11.5 Å². The lowest BCUT2D eigenvalue weighted by molar-refractivity contribution is -0.113. The van der Waals surface area contributed by atoms with Crippen molar-refractivity contribution in [3.63, 3.8) is 0 Å². The quantitative estimate of drug-likeness (QED) is 0.560. The van der Waals surface area contributed by atoms with Gasteiger partial charge in [-0.15, -0.1) is 21.5 Å². The first-order valence-corrected chi connectivity index (χ1v) is 10.5. The molecule has 1 amide bonds. The van der Waals surface area contributed by atoms with Crippen molar-refractivity contribution in [3.05, 3.63) is 34.5 Å². The van der Waals surface area contributed by atoms with E-state index < -0.39 is 0 Å². The highest BCUT2D eigenvalue weighted by Crippen LogP contribution is 2.30. The fourth-order valence-electron chi connectivity index (χ4n) is 2.60. The lowest BCUT2D eigenvalue weighted by Crippen LogP contribution is -2.15. The molecule has 0 aliphatic carbocycles. The number of benzene rings is 1. The molecule has 3 aromatic rings. The number of aromatic nitrogens is 3. The number of aryl methyl sites for hydroxylation is 1. The molecule has 9 heteroatoms. The van der Waals surface area contributed by atoms with Gasteiger partial charge in [0.15, 0.2) is 11.0 Å². The van der Waals surface area contributed by atoms with Crippen molar-refractivity contribution in [2.24, 2.45) is 7.05 Å². The largest absolute Gasteiger partial charge is 0.497 e. The SMILES string of the molecule is CCc1cc(-c2nnc(SCC(=O)Nc3cc(OC)ccc3OC)n2C)cs1. The molecule has 0 aliphatic heterocycles. The van der Waals surface area contributed by atoms with Gasteiger partial charge >= 0.3 is 0 Å². The Bertz CT molecular complexity index is 968. The second kappa shape index (κ2) is 9.11. The van der Waals surface area contributed by atoms with E-state index in [1.165, 1.54) is 16.6 Å². The summed E-state index contributed by atoms with van der Waals surface area (Å²) in [6, 6.07) is 7.38. The van der Waals surface area contributed by atoms with E-state index in [2.05, 4.69) is 33.9 Å². The average Bonchev–Trinajstić information content (AvgIpc) is 3.32. The minimum Gasteiger partial charge on any atom is -0.497 e. The molecule has 1 aromatic carbocycles. The highest BCUT2D eigenvalue weighted by molar-refractivity contribution is 7.99. The van der Waals surface area contributed by atoms with Crippen LogP contribution in [0.2, 0.25) is 0 Å². The molecule has 0 spiro atoms. The summed E-state index contributed by atoms with van der Waals surface area (Å²) in [7, 11) is 5.04. The Hall–Kier alpha value is -2.52. The summed E-state index contributed by atoms with van der Waals surface area (Å²) in [6.45, 7) is 2.13. The standard InChI is InChI=1S/C19H22N4O3S2/c1-5-14-8-12(10-27-14)18-21-22-19(23(18)2)28-11-17(24)20-15-9-13(25-3)6-7-16(15)26-4/h6-10H,5,11H2,1-4H3,(H,20,24). The van der Waals surface area contributed by atoms with Gasteiger partial charge in [0, 0.05) is 28.9 Å². The van der Waals surface area contributed by atoms with Gasteiger partial charge in [0.05, 0.1) is 25.7 Å². The highest BCUT2D eigenvalue weighted by atomic mass is 32.2. The Morgan fingerprint density at radius 1 is 1.25 bits per heavy atom. The molecule has 3 rings (SSSR count). The molecule has 28 heavy (non-hydrogen) atoms. The van der Waals surface area contributed by atoms with Gasteiger partial charge in [-0.05, 0) is 24.6 Å². The van der Waals surface area contributed by atoms with Crippen LogP contribution >= 0.6 is 23.1 Å². The fourth-order valence-corrected chi connectivity index (χ4v) is 4.13. The first kappa shape index (κ1) is 20.2. The Kier molecular flexibility index (Phi) is 6.58. The summed E-state index contributed by atoms with van der Waals surface area (Å²) < 4.78 is 12.4. The molecule has 7 nitrogen and oxygen atoms in total. The second-order valence-corrected chi connectivity index (χ2v) is 7.86. The van der Waals surface area contributed by atoms with Gasteiger partial charge in [-0.25, -0.2) is 0 Å². The predicted octanol–water partition coefficient (Wildman–Crippen LogP) is 3.85. The smallest absolute Gasteiger partial charge is 0.234 e. The maximum atomic E-state index is 12.4. The molecule has 0 atom stereocenters. The summed E-state index contributed by atoms with van der Waals surface area (Å²) in [5.41, 5.74) is 1.62. The number of amides is 1. The molecular formula is C19H22N4O3S2. The number of carbonyl (C=O) groups excluding carboxylic acids is 1. The molecule has 2 heterocycles. The van der Waals surface area contributed by atoms with E-state index in [4.69, 9.17) is 9.47 Å². The lowest BCUT2D eigenvalue weighted by Gasteiger charge is -2.11. The first-order valence-electron chi connectivity index (χ1n) is 8.67. The monoisotopic (exact) mass is 418 g/mol. The summed E-state index contributed by atoms with van der Waals surface area (Å²) >= 11 is 3.05. The van der Waals surface area contributed by atoms with Crippen molar-refractivity contribution in [2.75, 3.05) is 25.3 Å². The number of thiophene rings is 1. The molecule has 0 radical (unpaired) electrons. The molecule has 0 aliphatic rings. The maximum Gasteiger partial charge on any atom is 0.234 e. The van der Waals surface area contributed by atoms with Crippen LogP contribution in [0, 0.1) is 0 Å². The molecular weight excluding hydrogens is 396 g/mol. The van der Waals surface area contributed by atoms with E-state index in [1.54, 1.807) is 43.8 Å². The first-order chi connectivity index (χ1) is 13.5. The molecule has 0 saturated carbocycles. The van der Waals surface area contributed by atoms with E-state index in [1.807, 2.05) is 11.6 Å². The zero-order valence-corrected chi connectivity index (χ0v) is 17.8. The number of ether oxygens (including phenoxy) is 2. The van der Waals surface area contributed by atoms with Crippen LogP contribution in [0.25, 0.3) is 11.4 Å². The Morgan fingerprint density at radius 3 is 2.75 bits per heavy atom. The number of anilines is 1. The van der Waals surface area contributed by atoms with Gasteiger partial charge < -0.3 is 19.4 Å². The Balaban J connectivity index is 1.65. The van der Waals surface area contributed by atoms with E-state index in [0.29, 0.717) is 22.3 Å². The van der Waals surface area contributed by atoms with Crippen molar-refractivity contribution >= 4 is 34.7 Å². The third kappa shape index (κ3) is 4.48. The van der Waals surface area contributed by atoms with Crippen molar-refractivity contribution in [3.8, 4) is 22.9 Å². The predicted molar refractivity (Wildman–Crippen MR) is 113 cm³/mol. The zero-order chi connectivity index (χ0) is 20.1. The van der Waals surface area contributed by atoms with Gasteiger partial charge in [-0.2, -0.15) is 0 Å². The van der Waals surface area contributed by atoms with Crippen molar-refractivity contribution < 1.29 is 14.3 Å². The zero-order valence-electron chi connectivity index (χ0n) is 16.2. The summed E-state index contributed by atoms with van der Waals surface area (Å²) in [5.74, 6) is 2.06. The van der Waals surface area contributed by atoms with Crippen molar-refractivity contribution in [1.82, 2.24) is 14.8 Å². The number of hydrogen-bond donors (Lipinski definition) is 1. The number of thioether (sulfide) groups is 1. The molecule has 0 saturated heterocycles. The molecule has 0 bridgehead atoms. The van der Waals surface area contributed by atoms with Gasteiger partial charge in [0.2, 0.25) is 5.91 Å². The number of hydrogen-bond acceptors (Lipinski definition) is 7. The maximum absolute atomic E-state index is 12.4. The number of methoxy groups -OCH3 is 2. The van der Waals surface area contributed by atoms with Crippen LogP contribution in [0.4, 0.5) is 5.69 Å². The van der Waals surface area contributed by atoms with Crippen molar-refractivity contribution in [1.29, 1.82) is 0 Å². The fraction of sp³-hybridized carbons (Fsp3) is 0.316.